The van der Waals surface area contributed by atoms with Gasteiger partial charge >= 0.3 is 5.97 Å². The van der Waals surface area contributed by atoms with E-state index in [4.69, 9.17) is 4.74 Å². The molecule has 7 nitrogen and oxygen atoms in total. The molecule has 2 aliphatic heterocycles. The minimum atomic E-state index is -0.775. The summed E-state index contributed by atoms with van der Waals surface area (Å²) in [6, 6.07) is 12.8. The van der Waals surface area contributed by atoms with E-state index in [9.17, 15) is 14.9 Å². The molecule has 0 aliphatic carbocycles. The van der Waals surface area contributed by atoms with Crippen molar-refractivity contribution in [2.45, 2.75) is 12.5 Å². The van der Waals surface area contributed by atoms with E-state index in [1.807, 2.05) is 17.0 Å². The third-order valence-electron chi connectivity index (χ3n) is 4.97. The van der Waals surface area contributed by atoms with Gasteiger partial charge in [-0.1, -0.05) is 18.2 Å². The summed E-state index contributed by atoms with van der Waals surface area (Å²) >= 11 is 0. The molecule has 2 aromatic rings. The summed E-state index contributed by atoms with van der Waals surface area (Å²) in [7, 11) is 0. The van der Waals surface area contributed by atoms with Crippen molar-refractivity contribution in [3.8, 4) is 6.07 Å². The van der Waals surface area contributed by atoms with Crippen LogP contribution in [0.2, 0.25) is 0 Å². The topological polar surface area (TPSA) is 86.5 Å². The molecule has 27 heavy (non-hydrogen) atoms. The maximum Gasteiger partial charge on any atom is 0.339 e. The van der Waals surface area contributed by atoms with Crippen LogP contribution in [0.1, 0.15) is 21.5 Å². The lowest BCUT2D eigenvalue weighted by Gasteiger charge is -2.37. The Morgan fingerprint density at radius 3 is 2.70 bits per heavy atom. The lowest BCUT2D eigenvalue weighted by molar-refractivity contribution is -0.141. The Bertz CT molecular complexity index is 929. The van der Waals surface area contributed by atoms with Crippen molar-refractivity contribution in [1.82, 2.24) is 9.88 Å². The Labute approximate surface area is 156 Å². The lowest BCUT2D eigenvalue weighted by Crippen LogP contribution is -2.53. The van der Waals surface area contributed by atoms with Crippen molar-refractivity contribution < 1.29 is 14.3 Å². The normalized spacial score (nSPS) is 19.1. The number of nitrogens with zero attached hydrogens (tertiary/aromatic N) is 4. The Kier molecular flexibility index (Phi) is 4.47. The summed E-state index contributed by atoms with van der Waals surface area (Å²) in [5.41, 5.74) is 1.90. The van der Waals surface area contributed by atoms with Crippen molar-refractivity contribution in [1.29, 1.82) is 5.26 Å². The van der Waals surface area contributed by atoms with Crippen LogP contribution in [0, 0.1) is 11.3 Å². The summed E-state index contributed by atoms with van der Waals surface area (Å²) < 4.78 is 5.38. The summed E-state index contributed by atoms with van der Waals surface area (Å²) in [5.74, 6) is 0.0325. The van der Waals surface area contributed by atoms with Crippen LogP contribution in [0.4, 0.5) is 5.82 Å². The van der Waals surface area contributed by atoms with Gasteiger partial charge in [0.15, 0.2) is 6.10 Å². The fourth-order valence-corrected chi connectivity index (χ4v) is 3.55. The predicted molar refractivity (Wildman–Crippen MR) is 97.1 cm³/mol. The van der Waals surface area contributed by atoms with Crippen molar-refractivity contribution in [2.24, 2.45) is 0 Å². The van der Waals surface area contributed by atoms with Gasteiger partial charge in [0.05, 0.1) is 11.1 Å². The van der Waals surface area contributed by atoms with E-state index in [1.165, 1.54) is 0 Å². The zero-order valence-corrected chi connectivity index (χ0v) is 14.7. The number of rotatable bonds is 2. The Hall–Kier alpha value is -3.40. The zero-order valence-electron chi connectivity index (χ0n) is 14.7. The number of aromatic nitrogens is 1. The third kappa shape index (κ3) is 3.22. The van der Waals surface area contributed by atoms with Gasteiger partial charge in [-0.05, 0) is 23.8 Å². The van der Waals surface area contributed by atoms with Crippen LogP contribution >= 0.6 is 0 Å². The molecule has 0 N–H and O–H groups in total. The van der Waals surface area contributed by atoms with Gasteiger partial charge in [0, 0.05) is 38.8 Å². The molecule has 0 saturated carbocycles. The molecular formula is C20H18N4O3. The number of carbonyl (C=O) groups excluding carboxylic acids is 2. The van der Waals surface area contributed by atoms with Crippen LogP contribution in [0.15, 0.2) is 42.6 Å². The van der Waals surface area contributed by atoms with Crippen molar-refractivity contribution >= 4 is 17.7 Å². The minimum absolute atomic E-state index is 0.168. The van der Waals surface area contributed by atoms with Gasteiger partial charge < -0.3 is 14.5 Å². The number of pyridine rings is 1. The summed E-state index contributed by atoms with van der Waals surface area (Å²) in [6.07, 6.45) is 1.29. The number of carbonyl (C=O) groups is 2. The molecule has 1 unspecified atom stereocenters. The average Bonchev–Trinajstić information content (AvgIpc) is 2.73. The maximum atomic E-state index is 12.8. The molecule has 0 spiro atoms. The number of fused-ring (bicyclic) bond motifs is 1. The van der Waals surface area contributed by atoms with Gasteiger partial charge in [-0.15, -0.1) is 0 Å². The summed E-state index contributed by atoms with van der Waals surface area (Å²) in [6.45, 7) is 2.15. The first kappa shape index (κ1) is 17.0. The second-order valence-corrected chi connectivity index (χ2v) is 6.55. The van der Waals surface area contributed by atoms with E-state index in [2.05, 4.69) is 11.1 Å². The molecule has 1 fully saturated rings. The first-order valence-corrected chi connectivity index (χ1v) is 8.85. The third-order valence-corrected chi connectivity index (χ3v) is 4.97. The van der Waals surface area contributed by atoms with E-state index >= 15 is 0 Å². The number of ether oxygens (including phenoxy) is 1. The van der Waals surface area contributed by atoms with Gasteiger partial charge in [-0.2, -0.15) is 5.26 Å². The number of anilines is 1. The standard InChI is InChI=1S/C20H18N4O3/c21-13-15-5-3-7-22-18(15)23-8-10-24(11-9-23)19(25)17-12-14-4-1-2-6-16(14)20(26)27-17/h1-7,17H,8-12H2. The molecule has 4 rings (SSSR count). The number of piperazine rings is 1. The summed E-state index contributed by atoms with van der Waals surface area (Å²) in [5, 5.41) is 9.23. The number of amides is 1. The van der Waals surface area contributed by atoms with Crippen LogP contribution in [-0.2, 0) is 16.0 Å². The predicted octanol–water partition coefficient (Wildman–Crippen LogP) is 1.38. The fourth-order valence-electron chi connectivity index (χ4n) is 3.55. The van der Waals surface area contributed by atoms with Crippen LogP contribution < -0.4 is 4.90 Å². The van der Waals surface area contributed by atoms with Crippen LogP contribution in [0.3, 0.4) is 0 Å². The monoisotopic (exact) mass is 362 g/mol. The van der Waals surface area contributed by atoms with Crippen molar-refractivity contribution in [2.75, 3.05) is 31.1 Å². The molecule has 1 aromatic carbocycles. The van der Waals surface area contributed by atoms with Crippen LogP contribution in [0.25, 0.3) is 0 Å². The van der Waals surface area contributed by atoms with Crippen LogP contribution in [-0.4, -0.2) is 54.0 Å². The Morgan fingerprint density at radius 2 is 1.93 bits per heavy atom. The molecular weight excluding hydrogens is 344 g/mol. The van der Waals surface area contributed by atoms with Gasteiger partial charge in [0.2, 0.25) is 0 Å². The Morgan fingerprint density at radius 1 is 1.15 bits per heavy atom. The molecule has 2 aliphatic rings. The largest absolute Gasteiger partial charge is 0.448 e. The van der Waals surface area contributed by atoms with E-state index < -0.39 is 12.1 Å². The number of cyclic esters (lactones) is 1. The molecule has 1 aromatic heterocycles. The molecule has 7 heteroatoms. The maximum absolute atomic E-state index is 12.8. The van der Waals surface area contributed by atoms with Gasteiger partial charge in [0.25, 0.3) is 5.91 Å². The summed E-state index contributed by atoms with van der Waals surface area (Å²) in [4.78, 5) is 33.0. The SMILES string of the molecule is N#Cc1cccnc1N1CCN(C(=O)C2Cc3ccccc3C(=O)O2)CC1. The quantitative estimate of drug-likeness (QED) is 0.751. The van der Waals surface area contributed by atoms with E-state index in [0.717, 1.165) is 5.56 Å². The van der Waals surface area contributed by atoms with E-state index in [1.54, 1.807) is 35.4 Å². The second-order valence-electron chi connectivity index (χ2n) is 6.55. The van der Waals surface area contributed by atoms with Gasteiger partial charge in [-0.25, -0.2) is 9.78 Å². The van der Waals surface area contributed by atoms with Crippen molar-refractivity contribution in [3.63, 3.8) is 0 Å². The second kappa shape index (κ2) is 7.08. The molecule has 136 valence electrons. The highest BCUT2D eigenvalue weighted by molar-refractivity contribution is 5.95. The number of esters is 1. The molecule has 0 radical (unpaired) electrons. The minimum Gasteiger partial charge on any atom is -0.448 e. The van der Waals surface area contributed by atoms with Crippen molar-refractivity contribution in [3.05, 3.63) is 59.3 Å². The van der Waals surface area contributed by atoms with E-state index in [-0.39, 0.29) is 5.91 Å². The van der Waals surface area contributed by atoms with Gasteiger partial charge in [0.1, 0.15) is 11.9 Å². The van der Waals surface area contributed by atoms with E-state index in [0.29, 0.717) is 49.5 Å². The fraction of sp³-hybridized carbons (Fsp3) is 0.300. The Balaban J connectivity index is 1.42. The average molecular weight is 362 g/mol. The smallest absolute Gasteiger partial charge is 0.339 e. The first-order chi connectivity index (χ1) is 13.2. The highest BCUT2D eigenvalue weighted by atomic mass is 16.5. The zero-order chi connectivity index (χ0) is 18.8. The lowest BCUT2D eigenvalue weighted by atomic mass is 9.98. The number of benzene rings is 1. The van der Waals surface area contributed by atoms with Crippen LogP contribution in [0.5, 0.6) is 0 Å². The number of hydrogen-bond donors (Lipinski definition) is 0. The molecule has 0 bridgehead atoms. The first-order valence-electron chi connectivity index (χ1n) is 8.85. The molecule has 1 atom stereocenters. The number of nitriles is 1. The molecule has 1 saturated heterocycles. The molecule has 1 amide bonds. The highest BCUT2D eigenvalue weighted by Gasteiger charge is 2.35. The number of hydrogen-bond acceptors (Lipinski definition) is 6. The molecule has 3 heterocycles. The van der Waals surface area contributed by atoms with Gasteiger partial charge in [-0.3, -0.25) is 4.79 Å². The highest BCUT2D eigenvalue weighted by Crippen LogP contribution is 2.23.